The molecule has 0 fully saturated rings. The van der Waals surface area contributed by atoms with Crippen molar-refractivity contribution in [2.75, 3.05) is 14.2 Å². The van der Waals surface area contributed by atoms with E-state index in [1.807, 2.05) is 55.5 Å². The zero-order valence-electron chi connectivity index (χ0n) is 17.1. The van der Waals surface area contributed by atoms with E-state index in [9.17, 15) is 9.59 Å². The minimum atomic E-state index is -0.340. The highest BCUT2D eigenvalue weighted by atomic mass is 16.5. The van der Waals surface area contributed by atoms with Gasteiger partial charge in [0.2, 0.25) is 11.8 Å². The fourth-order valence-electron chi connectivity index (χ4n) is 3.64. The quantitative estimate of drug-likeness (QED) is 0.808. The molecule has 1 aliphatic heterocycles. The maximum absolute atomic E-state index is 12.9. The Kier molecular flexibility index (Phi) is 6.22. The van der Waals surface area contributed by atoms with Gasteiger partial charge in [-0.15, -0.1) is 0 Å². The van der Waals surface area contributed by atoms with Crippen LogP contribution < -0.4 is 14.8 Å². The second-order valence-corrected chi connectivity index (χ2v) is 6.99. The van der Waals surface area contributed by atoms with Gasteiger partial charge in [-0.1, -0.05) is 24.3 Å². The number of nitrogens with one attached hydrogen (secondary N) is 1. The first-order valence-electron chi connectivity index (χ1n) is 9.52. The van der Waals surface area contributed by atoms with E-state index in [4.69, 9.17) is 9.47 Å². The van der Waals surface area contributed by atoms with Crippen LogP contribution in [-0.2, 0) is 9.59 Å². The van der Waals surface area contributed by atoms with E-state index in [0.29, 0.717) is 11.5 Å². The van der Waals surface area contributed by atoms with Crippen LogP contribution in [0.15, 0.2) is 48.7 Å². The second kappa shape index (κ2) is 8.82. The number of hydrogen-bond acceptors (Lipinski definition) is 4. The molecule has 0 spiro atoms. The molecule has 0 saturated carbocycles. The van der Waals surface area contributed by atoms with Gasteiger partial charge in [-0.2, -0.15) is 0 Å². The zero-order chi connectivity index (χ0) is 21.0. The van der Waals surface area contributed by atoms with Crippen molar-refractivity contribution in [3.8, 4) is 11.5 Å². The van der Waals surface area contributed by atoms with Crippen LogP contribution in [-0.4, -0.2) is 30.9 Å². The number of carbonyl (C=O) groups excluding carboxylic acids is 2. The lowest BCUT2D eigenvalue weighted by Gasteiger charge is -2.32. The molecule has 1 aliphatic rings. The summed E-state index contributed by atoms with van der Waals surface area (Å²) in [6, 6.07) is 12.7. The van der Waals surface area contributed by atoms with Crippen LogP contribution >= 0.6 is 0 Å². The molecule has 0 saturated heterocycles. The van der Waals surface area contributed by atoms with Crippen LogP contribution in [0.5, 0.6) is 11.5 Å². The molecule has 152 valence electrons. The van der Waals surface area contributed by atoms with Gasteiger partial charge in [0, 0.05) is 18.7 Å². The van der Waals surface area contributed by atoms with Crippen LogP contribution in [0, 0.1) is 0 Å². The Balaban J connectivity index is 1.79. The van der Waals surface area contributed by atoms with E-state index in [1.54, 1.807) is 25.3 Å². The van der Waals surface area contributed by atoms with Gasteiger partial charge in [-0.05, 0) is 42.3 Å². The highest BCUT2D eigenvalue weighted by molar-refractivity contribution is 5.82. The standard InChI is InChI=1S/C23H26N2O4/c1-15(20-13-18(28-3)9-10-22(20)29-4)24-23(27)14-21-19-8-6-5-7-17(19)11-12-25(21)16(2)26/h5-13,15,21H,14H2,1-4H3,(H,24,27)/t15-,21+/m1/s1. The molecule has 0 aromatic heterocycles. The van der Waals surface area contributed by atoms with Crippen molar-refractivity contribution >= 4 is 17.9 Å². The lowest BCUT2D eigenvalue weighted by molar-refractivity contribution is -0.130. The summed E-state index contributed by atoms with van der Waals surface area (Å²) in [5.41, 5.74) is 2.81. The minimum Gasteiger partial charge on any atom is -0.497 e. The molecule has 6 heteroatoms. The Labute approximate surface area is 171 Å². The van der Waals surface area contributed by atoms with Gasteiger partial charge in [0.25, 0.3) is 0 Å². The maximum Gasteiger partial charge on any atom is 0.223 e. The minimum absolute atomic E-state index is 0.101. The lowest BCUT2D eigenvalue weighted by atomic mass is 9.93. The van der Waals surface area contributed by atoms with Crippen molar-refractivity contribution < 1.29 is 19.1 Å². The number of fused-ring (bicyclic) bond motifs is 1. The van der Waals surface area contributed by atoms with Crippen LogP contribution in [0.25, 0.3) is 6.08 Å². The smallest absolute Gasteiger partial charge is 0.223 e. The monoisotopic (exact) mass is 394 g/mol. The van der Waals surface area contributed by atoms with Crippen molar-refractivity contribution in [3.63, 3.8) is 0 Å². The molecule has 2 aromatic carbocycles. The average molecular weight is 394 g/mol. The van der Waals surface area contributed by atoms with Crippen LogP contribution in [0.1, 0.15) is 49.0 Å². The zero-order valence-corrected chi connectivity index (χ0v) is 17.1. The summed E-state index contributed by atoms with van der Waals surface area (Å²) in [5.74, 6) is 1.12. The summed E-state index contributed by atoms with van der Waals surface area (Å²) < 4.78 is 10.7. The molecule has 2 amide bonds. The normalized spacial score (nSPS) is 16.0. The van der Waals surface area contributed by atoms with Crippen LogP contribution in [0.2, 0.25) is 0 Å². The molecular formula is C23H26N2O4. The number of ether oxygens (including phenoxy) is 2. The van der Waals surface area contributed by atoms with Gasteiger partial charge < -0.3 is 19.7 Å². The summed E-state index contributed by atoms with van der Waals surface area (Å²) in [6.07, 6.45) is 3.81. The molecule has 1 heterocycles. The van der Waals surface area contributed by atoms with Gasteiger partial charge in [-0.3, -0.25) is 9.59 Å². The molecule has 3 rings (SSSR count). The number of amides is 2. The van der Waals surface area contributed by atoms with Gasteiger partial charge in [0.15, 0.2) is 0 Å². The van der Waals surface area contributed by atoms with Crippen molar-refractivity contribution in [1.29, 1.82) is 0 Å². The Bertz CT molecular complexity index is 938. The molecule has 0 radical (unpaired) electrons. The van der Waals surface area contributed by atoms with E-state index < -0.39 is 0 Å². The predicted molar refractivity (Wildman–Crippen MR) is 111 cm³/mol. The summed E-state index contributed by atoms with van der Waals surface area (Å²) in [6.45, 7) is 3.40. The summed E-state index contributed by atoms with van der Waals surface area (Å²) >= 11 is 0. The topological polar surface area (TPSA) is 67.9 Å². The highest BCUT2D eigenvalue weighted by Crippen LogP contribution is 2.34. The third-order valence-corrected chi connectivity index (χ3v) is 5.13. The molecule has 0 bridgehead atoms. The van der Waals surface area contributed by atoms with Gasteiger partial charge in [-0.25, -0.2) is 0 Å². The first kappa shape index (κ1) is 20.5. The molecule has 29 heavy (non-hydrogen) atoms. The Hall–Kier alpha value is -3.28. The fourth-order valence-corrected chi connectivity index (χ4v) is 3.64. The van der Waals surface area contributed by atoms with Crippen molar-refractivity contribution in [2.45, 2.75) is 32.4 Å². The van der Waals surface area contributed by atoms with E-state index in [-0.39, 0.29) is 30.3 Å². The molecule has 0 unspecified atom stereocenters. The molecule has 6 nitrogen and oxygen atoms in total. The largest absolute Gasteiger partial charge is 0.497 e. The molecular weight excluding hydrogens is 368 g/mol. The van der Waals surface area contributed by atoms with E-state index in [2.05, 4.69) is 5.32 Å². The number of benzene rings is 2. The van der Waals surface area contributed by atoms with E-state index >= 15 is 0 Å². The number of nitrogens with zero attached hydrogens (tertiary/aromatic N) is 1. The Morgan fingerprint density at radius 1 is 1.14 bits per heavy atom. The number of methoxy groups -OCH3 is 2. The molecule has 1 N–H and O–H groups in total. The first-order valence-corrected chi connectivity index (χ1v) is 9.52. The van der Waals surface area contributed by atoms with E-state index in [1.165, 1.54) is 6.92 Å². The molecule has 0 aliphatic carbocycles. The Morgan fingerprint density at radius 3 is 2.59 bits per heavy atom. The summed E-state index contributed by atoms with van der Waals surface area (Å²) in [4.78, 5) is 26.6. The van der Waals surface area contributed by atoms with Crippen LogP contribution in [0.3, 0.4) is 0 Å². The predicted octanol–water partition coefficient (Wildman–Crippen LogP) is 3.85. The number of carbonyl (C=O) groups is 2. The van der Waals surface area contributed by atoms with E-state index in [0.717, 1.165) is 16.7 Å². The molecule has 2 atom stereocenters. The Morgan fingerprint density at radius 2 is 1.90 bits per heavy atom. The SMILES string of the molecule is COc1ccc(OC)c([C@@H](C)NC(=O)C[C@H]2c3ccccc3C=CN2C(C)=O)c1. The average Bonchev–Trinajstić information content (AvgIpc) is 2.73. The third-order valence-electron chi connectivity index (χ3n) is 5.13. The van der Waals surface area contributed by atoms with Crippen LogP contribution in [0.4, 0.5) is 0 Å². The van der Waals surface area contributed by atoms with Crippen molar-refractivity contribution in [3.05, 3.63) is 65.4 Å². The molecule has 2 aromatic rings. The van der Waals surface area contributed by atoms with Gasteiger partial charge in [0.05, 0.1) is 32.7 Å². The summed E-state index contributed by atoms with van der Waals surface area (Å²) in [7, 11) is 3.19. The van der Waals surface area contributed by atoms with Crippen molar-refractivity contribution in [2.24, 2.45) is 0 Å². The first-order chi connectivity index (χ1) is 13.9. The highest BCUT2D eigenvalue weighted by Gasteiger charge is 2.28. The fraction of sp³-hybridized carbons (Fsp3) is 0.304. The summed E-state index contributed by atoms with van der Waals surface area (Å²) in [5, 5.41) is 3.02. The second-order valence-electron chi connectivity index (χ2n) is 6.99. The van der Waals surface area contributed by atoms with Gasteiger partial charge >= 0.3 is 0 Å². The van der Waals surface area contributed by atoms with Crippen molar-refractivity contribution in [1.82, 2.24) is 10.2 Å². The van der Waals surface area contributed by atoms with Gasteiger partial charge in [0.1, 0.15) is 11.5 Å². The number of hydrogen-bond donors (Lipinski definition) is 1. The maximum atomic E-state index is 12.9. The third kappa shape index (κ3) is 4.42. The number of rotatable bonds is 6. The lowest BCUT2D eigenvalue weighted by Crippen LogP contribution is -2.36.